The van der Waals surface area contributed by atoms with Gasteiger partial charge in [0.25, 0.3) is 0 Å². The number of halogens is 1. The highest BCUT2D eigenvalue weighted by atomic mass is 35.5. The Morgan fingerprint density at radius 1 is 1.42 bits per heavy atom. The Kier molecular flexibility index (Phi) is 3.09. The molecule has 1 heterocycles. The number of aromatic nitrogens is 2. The highest BCUT2D eigenvalue weighted by Crippen LogP contribution is 2.17. The Bertz CT molecular complexity index is 245. The van der Waals surface area contributed by atoms with Gasteiger partial charge in [0, 0.05) is 6.42 Å². The highest BCUT2D eigenvalue weighted by molar-refractivity contribution is 6.20. The van der Waals surface area contributed by atoms with Gasteiger partial charge in [0.05, 0.1) is 0 Å². The van der Waals surface area contributed by atoms with Gasteiger partial charge in [-0.25, -0.2) is 0 Å². The molecule has 0 fully saturated rings. The van der Waals surface area contributed by atoms with Crippen molar-refractivity contribution in [1.29, 1.82) is 0 Å². The van der Waals surface area contributed by atoms with Gasteiger partial charge in [-0.05, 0) is 12.8 Å². The highest BCUT2D eigenvalue weighted by Gasteiger charge is 2.11. The molecule has 0 saturated heterocycles. The molecule has 0 aliphatic rings. The molecule has 3 nitrogen and oxygen atoms in total. The lowest BCUT2D eigenvalue weighted by molar-refractivity contribution is 0.371. The van der Waals surface area contributed by atoms with E-state index in [4.69, 9.17) is 16.1 Å². The van der Waals surface area contributed by atoms with Crippen molar-refractivity contribution in [2.45, 2.75) is 32.6 Å². The third kappa shape index (κ3) is 2.48. The third-order valence-electron chi connectivity index (χ3n) is 1.41. The standard InChI is InChI=1S/C8H13ClN2O/c1-5(2)4-7-10-8(6(3)9)12-11-7/h5-6H,4H2,1-3H3. The number of alkyl halides is 1. The summed E-state index contributed by atoms with van der Waals surface area (Å²) in [6.07, 6.45) is 0.840. The fourth-order valence-electron chi connectivity index (χ4n) is 0.877. The van der Waals surface area contributed by atoms with Crippen LogP contribution in [-0.4, -0.2) is 10.1 Å². The van der Waals surface area contributed by atoms with Crippen LogP contribution >= 0.6 is 11.6 Å². The molecular weight excluding hydrogens is 176 g/mol. The molecule has 1 atom stereocenters. The number of hydrogen-bond acceptors (Lipinski definition) is 3. The van der Waals surface area contributed by atoms with E-state index in [-0.39, 0.29) is 5.38 Å². The fraction of sp³-hybridized carbons (Fsp3) is 0.750. The zero-order chi connectivity index (χ0) is 9.14. The summed E-state index contributed by atoms with van der Waals surface area (Å²) in [6.45, 7) is 6.04. The van der Waals surface area contributed by atoms with E-state index < -0.39 is 0 Å². The molecule has 0 saturated carbocycles. The first-order valence-electron chi connectivity index (χ1n) is 4.06. The van der Waals surface area contributed by atoms with Crippen molar-refractivity contribution < 1.29 is 4.52 Å². The Hall–Kier alpha value is -0.570. The van der Waals surface area contributed by atoms with Crippen molar-refractivity contribution >= 4 is 11.6 Å². The lowest BCUT2D eigenvalue weighted by Crippen LogP contribution is -1.96. The molecule has 4 heteroatoms. The molecule has 12 heavy (non-hydrogen) atoms. The first kappa shape index (κ1) is 9.52. The zero-order valence-corrected chi connectivity index (χ0v) is 8.30. The maximum atomic E-state index is 5.76. The van der Waals surface area contributed by atoms with Gasteiger partial charge < -0.3 is 4.52 Å². The minimum Gasteiger partial charge on any atom is -0.338 e. The Balaban J connectivity index is 2.64. The van der Waals surface area contributed by atoms with Gasteiger partial charge >= 0.3 is 0 Å². The summed E-state index contributed by atoms with van der Waals surface area (Å²) in [4.78, 5) is 4.14. The van der Waals surface area contributed by atoms with Crippen LogP contribution in [0.2, 0.25) is 0 Å². The largest absolute Gasteiger partial charge is 0.338 e. The first-order valence-corrected chi connectivity index (χ1v) is 4.49. The fourth-order valence-corrected chi connectivity index (χ4v) is 0.966. The summed E-state index contributed by atoms with van der Waals surface area (Å²) >= 11 is 5.76. The summed E-state index contributed by atoms with van der Waals surface area (Å²) in [5.74, 6) is 1.79. The van der Waals surface area contributed by atoms with E-state index in [1.54, 1.807) is 0 Å². The molecule has 0 aliphatic carbocycles. The van der Waals surface area contributed by atoms with Gasteiger partial charge in [0.1, 0.15) is 5.38 Å². The molecule has 1 rings (SSSR count). The van der Waals surface area contributed by atoms with Crippen molar-refractivity contribution in [3.63, 3.8) is 0 Å². The van der Waals surface area contributed by atoms with Gasteiger partial charge in [0.15, 0.2) is 5.82 Å². The Morgan fingerprint density at radius 2 is 2.08 bits per heavy atom. The zero-order valence-electron chi connectivity index (χ0n) is 7.54. The van der Waals surface area contributed by atoms with E-state index in [1.165, 1.54) is 0 Å². The number of nitrogens with zero attached hydrogens (tertiary/aromatic N) is 2. The van der Waals surface area contributed by atoms with Gasteiger partial charge in [-0.2, -0.15) is 4.98 Å². The molecule has 0 aliphatic heterocycles. The summed E-state index contributed by atoms with van der Waals surface area (Å²) in [5.41, 5.74) is 0. The molecule has 0 aromatic carbocycles. The minimum atomic E-state index is -0.196. The molecule has 0 N–H and O–H groups in total. The molecule has 0 bridgehead atoms. The van der Waals surface area contributed by atoms with E-state index in [2.05, 4.69) is 24.0 Å². The second kappa shape index (κ2) is 3.90. The smallest absolute Gasteiger partial charge is 0.244 e. The maximum absolute atomic E-state index is 5.76. The summed E-state index contributed by atoms with van der Waals surface area (Å²) in [7, 11) is 0. The molecule has 0 spiro atoms. The summed E-state index contributed by atoms with van der Waals surface area (Å²) < 4.78 is 4.93. The van der Waals surface area contributed by atoms with Crippen LogP contribution in [-0.2, 0) is 6.42 Å². The van der Waals surface area contributed by atoms with Crippen molar-refractivity contribution in [3.05, 3.63) is 11.7 Å². The van der Waals surface area contributed by atoms with E-state index in [9.17, 15) is 0 Å². The second-order valence-corrected chi connectivity index (χ2v) is 3.92. The molecular formula is C8H13ClN2O. The molecule has 1 unspecified atom stereocenters. The average Bonchev–Trinajstić information content (AvgIpc) is 2.34. The van der Waals surface area contributed by atoms with Gasteiger partial charge in [-0.1, -0.05) is 19.0 Å². The quantitative estimate of drug-likeness (QED) is 0.685. The van der Waals surface area contributed by atoms with Crippen LogP contribution in [0.25, 0.3) is 0 Å². The molecule has 0 radical (unpaired) electrons. The SMILES string of the molecule is CC(C)Cc1noc(C(C)Cl)n1. The number of rotatable bonds is 3. The lowest BCUT2D eigenvalue weighted by Gasteiger charge is -1.96. The molecule has 1 aromatic heterocycles. The lowest BCUT2D eigenvalue weighted by atomic mass is 10.1. The van der Waals surface area contributed by atoms with Crippen LogP contribution in [0.4, 0.5) is 0 Å². The van der Waals surface area contributed by atoms with E-state index in [0.717, 1.165) is 12.2 Å². The van der Waals surface area contributed by atoms with Gasteiger partial charge in [-0.3, -0.25) is 0 Å². The van der Waals surface area contributed by atoms with E-state index in [1.807, 2.05) is 6.92 Å². The summed E-state index contributed by atoms with van der Waals surface area (Å²) in [5, 5.41) is 3.61. The van der Waals surface area contributed by atoms with Crippen LogP contribution in [0.3, 0.4) is 0 Å². The van der Waals surface area contributed by atoms with Crippen LogP contribution < -0.4 is 0 Å². The number of hydrogen-bond donors (Lipinski definition) is 0. The van der Waals surface area contributed by atoms with Crippen LogP contribution in [0.15, 0.2) is 4.52 Å². The predicted molar refractivity (Wildman–Crippen MR) is 47.1 cm³/mol. The normalized spacial score (nSPS) is 13.8. The van der Waals surface area contributed by atoms with Crippen molar-refractivity contribution in [1.82, 2.24) is 10.1 Å². The summed E-state index contributed by atoms with van der Waals surface area (Å²) in [6, 6.07) is 0. The van der Waals surface area contributed by atoms with E-state index in [0.29, 0.717) is 11.8 Å². The van der Waals surface area contributed by atoms with Crippen molar-refractivity contribution in [3.8, 4) is 0 Å². The van der Waals surface area contributed by atoms with Crippen molar-refractivity contribution in [2.75, 3.05) is 0 Å². The maximum Gasteiger partial charge on any atom is 0.244 e. The van der Waals surface area contributed by atoms with Gasteiger partial charge in [-0.15, -0.1) is 11.6 Å². The van der Waals surface area contributed by atoms with Gasteiger partial charge in [0.2, 0.25) is 5.89 Å². The van der Waals surface area contributed by atoms with Crippen molar-refractivity contribution in [2.24, 2.45) is 5.92 Å². The predicted octanol–water partition coefficient (Wildman–Crippen LogP) is 2.57. The molecule has 1 aromatic rings. The molecule has 0 amide bonds. The Labute approximate surface area is 77.1 Å². The topological polar surface area (TPSA) is 38.9 Å². The molecule has 68 valence electrons. The van der Waals surface area contributed by atoms with Crippen LogP contribution in [0.1, 0.15) is 37.9 Å². The van der Waals surface area contributed by atoms with Crippen LogP contribution in [0.5, 0.6) is 0 Å². The second-order valence-electron chi connectivity index (χ2n) is 3.26. The monoisotopic (exact) mass is 188 g/mol. The third-order valence-corrected chi connectivity index (χ3v) is 1.60. The van der Waals surface area contributed by atoms with E-state index >= 15 is 0 Å². The average molecular weight is 189 g/mol. The van der Waals surface area contributed by atoms with Crippen LogP contribution in [0, 0.1) is 5.92 Å². The minimum absolute atomic E-state index is 0.196. The Morgan fingerprint density at radius 3 is 2.50 bits per heavy atom. The first-order chi connectivity index (χ1) is 5.59.